The molecule has 2 nitrogen and oxygen atoms in total. The zero-order valence-electron chi connectivity index (χ0n) is 22.6. The Hall–Kier alpha value is -0.0800. The normalized spacial score (nSPS) is 12.6. The lowest BCUT2D eigenvalue weighted by Gasteiger charge is -2.50. The van der Waals surface area contributed by atoms with E-state index in [0.717, 1.165) is 12.8 Å². The van der Waals surface area contributed by atoms with Gasteiger partial charge in [-0.25, -0.2) is 0 Å². The largest absolute Gasteiger partial charge is 0.271 e. The van der Waals surface area contributed by atoms with Crippen LogP contribution in [0.5, 0.6) is 0 Å². The van der Waals surface area contributed by atoms with E-state index >= 15 is 0 Å². The fourth-order valence-corrected chi connectivity index (χ4v) is 6.07. The fraction of sp³-hybridized carbons (Fsp3) is 1.00. The van der Waals surface area contributed by atoms with Gasteiger partial charge in [0.15, 0.2) is 0 Å². The van der Waals surface area contributed by atoms with Crippen LogP contribution in [0.25, 0.3) is 0 Å². The van der Waals surface area contributed by atoms with Gasteiger partial charge in [0.2, 0.25) is 0 Å². The Morgan fingerprint density at radius 1 is 0.452 bits per heavy atom. The van der Waals surface area contributed by atoms with Gasteiger partial charge in [-0.05, 0) is 37.5 Å². The number of hydrogen-bond acceptors (Lipinski definition) is 2. The summed E-state index contributed by atoms with van der Waals surface area (Å²) in [4.78, 5) is 0. The molecule has 0 aromatic heterocycles. The van der Waals surface area contributed by atoms with Crippen molar-refractivity contribution in [2.24, 2.45) is 11.3 Å². The van der Waals surface area contributed by atoms with E-state index in [4.69, 9.17) is 5.84 Å². The molecule has 0 amide bonds. The minimum Gasteiger partial charge on any atom is -0.271 e. The lowest BCUT2D eigenvalue weighted by molar-refractivity contribution is 0.0468. The molecule has 0 saturated carbocycles. The number of nitrogens with two attached hydrogens (primary N) is 1. The minimum atomic E-state index is 0.103. The summed E-state index contributed by atoms with van der Waals surface area (Å²) in [6.45, 7) is 11.6. The van der Waals surface area contributed by atoms with E-state index in [1.165, 1.54) is 128 Å². The second-order valence-corrected chi connectivity index (χ2v) is 10.3. The van der Waals surface area contributed by atoms with Crippen LogP contribution in [0.15, 0.2) is 0 Å². The third kappa shape index (κ3) is 12.1. The lowest BCUT2D eigenvalue weighted by atomic mass is 9.61. The Kier molecular flexibility index (Phi) is 20.5. The molecule has 3 N–H and O–H groups in total. The van der Waals surface area contributed by atoms with Crippen molar-refractivity contribution in [3.8, 4) is 0 Å². The predicted octanol–water partition coefficient (Wildman–Crippen LogP) is 9.86. The number of rotatable bonds is 24. The van der Waals surface area contributed by atoms with Crippen LogP contribution in [-0.4, -0.2) is 5.54 Å². The van der Waals surface area contributed by atoms with Crippen LogP contribution in [0.3, 0.4) is 0 Å². The average Bonchev–Trinajstić information content (AvgIpc) is 2.81. The maximum Gasteiger partial charge on any atom is 0.0372 e. The summed E-state index contributed by atoms with van der Waals surface area (Å²) >= 11 is 0. The van der Waals surface area contributed by atoms with Crippen molar-refractivity contribution >= 4 is 0 Å². The van der Waals surface area contributed by atoms with Crippen LogP contribution in [-0.2, 0) is 0 Å². The van der Waals surface area contributed by atoms with Crippen molar-refractivity contribution < 1.29 is 0 Å². The van der Waals surface area contributed by atoms with E-state index in [1.807, 2.05) is 0 Å². The molecule has 0 saturated heterocycles. The third-order valence-corrected chi connectivity index (χ3v) is 8.61. The van der Waals surface area contributed by atoms with Crippen molar-refractivity contribution in [1.82, 2.24) is 5.43 Å². The van der Waals surface area contributed by atoms with Gasteiger partial charge in [-0.15, -0.1) is 0 Å². The SMILES string of the molecule is CCCCCCCCCCCCCCCCCCCC(CC)(CC)C(CC)(CC)NN. The van der Waals surface area contributed by atoms with Crippen LogP contribution < -0.4 is 11.3 Å². The monoisotopic (exact) mass is 438 g/mol. The van der Waals surface area contributed by atoms with E-state index < -0.39 is 0 Å². The molecule has 0 atom stereocenters. The van der Waals surface area contributed by atoms with Gasteiger partial charge in [-0.3, -0.25) is 11.3 Å². The van der Waals surface area contributed by atoms with E-state index in [0.29, 0.717) is 5.41 Å². The molecular formula is C29H62N2. The second kappa shape index (κ2) is 20.5. The molecule has 0 aromatic rings. The molecule has 0 aromatic carbocycles. The molecular weight excluding hydrogens is 376 g/mol. The van der Waals surface area contributed by atoms with Crippen LogP contribution >= 0.6 is 0 Å². The van der Waals surface area contributed by atoms with E-state index in [-0.39, 0.29) is 5.54 Å². The zero-order valence-corrected chi connectivity index (χ0v) is 22.6. The lowest BCUT2D eigenvalue weighted by Crippen LogP contribution is -2.60. The number of hydrazine groups is 1. The highest BCUT2D eigenvalue weighted by atomic mass is 15.3. The molecule has 0 radical (unpaired) electrons. The molecule has 188 valence electrons. The van der Waals surface area contributed by atoms with Gasteiger partial charge in [-0.1, -0.05) is 144 Å². The van der Waals surface area contributed by atoms with E-state index in [1.54, 1.807) is 0 Å². The highest BCUT2D eigenvalue weighted by molar-refractivity contribution is 5.00. The van der Waals surface area contributed by atoms with Gasteiger partial charge >= 0.3 is 0 Å². The van der Waals surface area contributed by atoms with E-state index in [9.17, 15) is 0 Å². The molecule has 31 heavy (non-hydrogen) atoms. The molecule has 2 heteroatoms. The van der Waals surface area contributed by atoms with Crippen LogP contribution in [0.1, 0.15) is 176 Å². The second-order valence-electron chi connectivity index (χ2n) is 10.3. The fourth-order valence-electron chi connectivity index (χ4n) is 6.07. The Labute approximate surface area is 198 Å². The van der Waals surface area contributed by atoms with Crippen molar-refractivity contribution in [1.29, 1.82) is 0 Å². The molecule has 0 bridgehead atoms. The van der Waals surface area contributed by atoms with Crippen molar-refractivity contribution in [2.45, 2.75) is 181 Å². The van der Waals surface area contributed by atoms with Gasteiger partial charge < -0.3 is 0 Å². The Bertz CT molecular complexity index is 349. The molecule has 0 aliphatic heterocycles. The van der Waals surface area contributed by atoms with Gasteiger partial charge in [0.25, 0.3) is 0 Å². The summed E-state index contributed by atoms with van der Waals surface area (Å²) in [5, 5.41) is 0. The summed E-state index contributed by atoms with van der Waals surface area (Å²) in [5.74, 6) is 6.08. The first-order valence-electron chi connectivity index (χ1n) is 14.6. The standard InChI is InChI=1S/C29H62N2/c1-6-11-12-13-14-15-16-17-18-19-20-21-22-23-24-25-26-27-28(7-2,8-3)29(9-4,10-5)31-30/h31H,6-27,30H2,1-5H3. The smallest absolute Gasteiger partial charge is 0.0372 e. The Morgan fingerprint density at radius 2 is 0.774 bits per heavy atom. The maximum absolute atomic E-state index is 6.08. The van der Waals surface area contributed by atoms with Gasteiger partial charge in [0, 0.05) is 5.54 Å². The van der Waals surface area contributed by atoms with Crippen LogP contribution in [0, 0.1) is 5.41 Å². The highest BCUT2D eigenvalue weighted by Crippen LogP contribution is 2.46. The van der Waals surface area contributed by atoms with Gasteiger partial charge in [0.05, 0.1) is 0 Å². The van der Waals surface area contributed by atoms with Crippen LogP contribution in [0.2, 0.25) is 0 Å². The third-order valence-electron chi connectivity index (χ3n) is 8.61. The van der Waals surface area contributed by atoms with Crippen molar-refractivity contribution in [3.63, 3.8) is 0 Å². The molecule has 0 aliphatic carbocycles. The molecule has 0 heterocycles. The van der Waals surface area contributed by atoms with Crippen molar-refractivity contribution in [3.05, 3.63) is 0 Å². The Morgan fingerprint density at radius 3 is 1.03 bits per heavy atom. The first-order chi connectivity index (χ1) is 15.1. The minimum absolute atomic E-state index is 0.103. The van der Waals surface area contributed by atoms with Gasteiger partial charge in [0.1, 0.15) is 0 Å². The topological polar surface area (TPSA) is 38.0 Å². The zero-order chi connectivity index (χ0) is 23.3. The number of hydrogen-bond donors (Lipinski definition) is 2. The molecule has 0 fully saturated rings. The molecule has 0 unspecified atom stereocenters. The first-order valence-corrected chi connectivity index (χ1v) is 14.6. The number of nitrogens with one attached hydrogen (secondary N) is 1. The summed E-state index contributed by atoms with van der Waals surface area (Å²) < 4.78 is 0. The average molecular weight is 439 g/mol. The molecule has 0 aliphatic rings. The predicted molar refractivity (Wildman–Crippen MR) is 142 cm³/mol. The summed E-state index contributed by atoms with van der Waals surface area (Å²) in [7, 11) is 0. The van der Waals surface area contributed by atoms with Crippen LogP contribution in [0.4, 0.5) is 0 Å². The summed E-state index contributed by atoms with van der Waals surface area (Å²) in [6, 6.07) is 0. The highest BCUT2D eigenvalue weighted by Gasteiger charge is 2.45. The summed E-state index contributed by atoms with van der Waals surface area (Å²) in [5.41, 5.74) is 3.72. The quantitative estimate of drug-likeness (QED) is 0.0893. The summed E-state index contributed by atoms with van der Waals surface area (Å²) in [6.07, 6.45) is 30.6. The molecule has 0 rings (SSSR count). The van der Waals surface area contributed by atoms with Gasteiger partial charge in [-0.2, -0.15) is 0 Å². The first kappa shape index (κ1) is 30.9. The maximum atomic E-state index is 6.08. The van der Waals surface area contributed by atoms with E-state index in [2.05, 4.69) is 40.0 Å². The molecule has 0 spiro atoms. The number of unbranched alkanes of at least 4 members (excludes halogenated alkanes) is 16. The van der Waals surface area contributed by atoms with Crippen molar-refractivity contribution in [2.75, 3.05) is 0 Å². The Balaban J connectivity index is 3.70.